The van der Waals surface area contributed by atoms with Gasteiger partial charge < -0.3 is 10.4 Å². The van der Waals surface area contributed by atoms with Crippen molar-refractivity contribution in [2.45, 2.75) is 57.0 Å². The van der Waals surface area contributed by atoms with Crippen molar-refractivity contribution in [3.8, 4) is 0 Å². The molecule has 0 saturated heterocycles. The molecular formula is C20H27NO2S. The van der Waals surface area contributed by atoms with E-state index in [1.165, 1.54) is 19.3 Å². The lowest BCUT2D eigenvalue weighted by atomic mass is 9.49. The summed E-state index contributed by atoms with van der Waals surface area (Å²) in [6.45, 7) is 0.388. The first kappa shape index (κ1) is 15.4. The number of nitrogens with one attached hydrogen (secondary N) is 1. The fraction of sp³-hybridized carbons (Fsp3) is 0.750. The first-order chi connectivity index (χ1) is 11.6. The minimum Gasteiger partial charge on any atom is -0.382 e. The molecule has 130 valence electrons. The Kier molecular flexibility index (Phi) is 3.41. The molecular weight excluding hydrogens is 318 g/mol. The van der Waals surface area contributed by atoms with Crippen molar-refractivity contribution in [2.24, 2.45) is 29.1 Å². The number of carbonyl (C=O) groups excluding carboxylic acids is 1. The molecule has 4 bridgehead atoms. The monoisotopic (exact) mass is 345 g/mol. The first-order valence-electron chi connectivity index (χ1n) is 9.62. The van der Waals surface area contributed by atoms with E-state index in [9.17, 15) is 9.90 Å². The average Bonchev–Trinajstić information content (AvgIpc) is 3.26. The molecule has 1 aromatic heterocycles. The molecule has 1 unspecified atom stereocenters. The summed E-state index contributed by atoms with van der Waals surface area (Å²) in [5, 5.41) is 16.5. The van der Waals surface area contributed by atoms with Crippen LogP contribution in [0.15, 0.2) is 17.5 Å². The summed E-state index contributed by atoms with van der Waals surface area (Å²) in [6.07, 6.45) is 9.47. The van der Waals surface area contributed by atoms with Crippen LogP contribution >= 0.6 is 11.3 Å². The minimum absolute atomic E-state index is 0.116. The van der Waals surface area contributed by atoms with Gasteiger partial charge in [0.05, 0.1) is 6.54 Å². The number of hydrogen-bond acceptors (Lipinski definition) is 3. The van der Waals surface area contributed by atoms with Gasteiger partial charge >= 0.3 is 0 Å². The Balaban J connectivity index is 1.32. The molecule has 1 amide bonds. The summed E-state index contributed by atoms with van der Waals surface area (Å²) in [6, 6.07) is 4.01. The van der Waals surface area contributed by atoms with Crippen LogP contribution in [0.25, 0.3) is 0 Å². The van der Waals surface area contributed by atoms with Gasteiger partial charge in [-0.2, -0.15) is 0 Å². The van der Waals surface area contributed by atoms with E-state index in [4.69, 9.17) is 0 Å². The zero-order valence-corrected chi connectivity index (χ0v) is 15.0. The zero-order chi connectivity index (χ0) is 16.4. The Labute approximate surface area is 147 Å². The van der Waals surface area contributed by atoms with Gasteiger partial charge in [0.25, 0.3) is 0 Å². The Morgan fingerprint density at radius 1 is 1.21 bits per heavy atom. The van der Waals surface area contributed by atoms with Crippen molar-refractivity contribution in [3.63, 3.8) is 0 Å². The van der Waals surface area contributed by atoms with Crippen LogP contribution in [0.4, 0.5) is 0 Å². The van der Waals surface area contributed by atoms with E-state index in [1.54, 1.807) is 11.3 Å². The van der Waals surface area contributed by atoms with E-state index in [0.29, 0.717) is 12.5 Å². The molecule has 1 aromatic rings. The fourth-order valence-electron chi connectivity index (χ4n) is 6.31. The molecule has 2 N–H and O–H groups in total. The van der Waals surface area contributed by atoms with Crippen LogP contribution in [0, 0.1) is 29.1 Å². The van der Waals surface area contributed by atoms with Crippen LogP contribution in [-0.4, -0.2) is 17.6 Å². The second-order valence-electron chi connectivity index (χ2n) is 9.06. The Morgan fingerprint density at radius 3 is 2.33 bits per heavy atom. The highest BCUT2D eigenvalue weighted by atomic mass is 32.1. The summed E-state index contributed by atoms with van der Waals surface area (Å²) >= 11 is 1.61. The lowest BCUT2D eigenvalue weighted by Gasteiger charge is -2.55. The van der Waals surface area contributed by atoms with Crippen molar-refractivity contribution in [3.05, 3.63) is 22.4 Å². The first-order valence-corrected chi connectivity index (χ1v) is 10.5. The standard InChI is InChI=1S/C20H27NO2S/c22-18(19-9-13-6-14(10-19)8-15(7-13)11-19)21-12-20(23,16-3-4-16)17-2-1-5-24-17/h1-2,5,13-16,23H,3-4,6-12H2,(H,21,22). The van der Waals surface area contributed by atoms with Gasteiger partial charge in [-0.15, -0.1) is 11.3 Å². The number of thiophene rings is 1. The second kappa shape index (κ2) is 5.31. The van der Waals surface area contributed by atoms with Crippen LogP contribution in [0.2, 0.25) is 0 Å². The van der Waals surface area contributed by atoms with Crippen molar-refractivity contribution < 1.29 is 9.90 Å². The predicted molar refractivity (Wildman–Crippen MR) is 94.6 cm³/mol. The third-order valence-corrected chi connectivity index (χ3v) is 8.28. The third kappa shape index (κ3) is 2.37. The number of aliphatic hydroxyl groups is 1. The van der Waals surface area contributed by atoms with E-state index in [0.717, 1.165) is 54.7 Å². The van der Waals surface area contributed by atoms with Crippen molar-refractivity contribution in [1.29, 1.82) is 0 Å². The maximum Gasteiger partial charge on any atom is 0.226 e. The van der Waals surface area contributed by atoms with Gasteiger partial charge in [0.1, 0.15) is 5.60 Å². The maximum absolute atomic E-state index is 13.1. The highest BCUT2D eigenvalue weighted by molar-refractivity contribution is 7.10. The Hall–Kier alpha value is -0.870. The molecule has 0 spiro atoms. The van der Waals surface area contributed by atoms with Crippen LogP contribution in [0.1, 0.15) is 56.2 Å². The van der Waals surface area contributed by atoms with E-state index in [2.05, 4.69) is 5.32 Å². The smallest absolute Gasteiger partial charge is 0.226 e. The third-order valence-electron chi connectivity index (χ3n) is 7.24. The average molecular weight is 346 g/mol. The van der Waals surface area contributed by atoms with Crippen LogP contribution < -0.4 is 5.32 Å². The quantitative estimate of drug-likeness (QED) is 0.855. The fourth-order valence-corrected chi connectivity index (χ4v) is 7.21. The molecule has 5 aliphatic rings. The molecule has 24 heavy (non-hydrogen) atoms. The van der Waals surface area contributed by atoms with E-state index >= 15 is 0 Å². The zero-order valence-electron chi connectivity index (χ0n) is 14.2. The van der Waals surface area contributed by atoms with Gasteiger partial charge in [0.15, 0.2) is 0 Å². The van der Waals surface area contributed by atoms with Gasteiger partial charge in [-0.05, 0) is 86.5 Å². The number of amides is 1. The molecule has 5 saturated carbocycles. The molecule has 6 rings (SSSR count). The maximum atomic E-state index is 13.1. The second-order valence-corrected chi connectivity index (χ2v) is 10.0. The molecule has 1 atom stereocenters. The molecule has 0 aliphatic heterocycles. The topological polar surface area (TPSA) is 49.3 Å². The summed E-state index contributed by atoms with van der Waals surface area (Å²) in [7, 11) is 0. The number of rotatable bonds is 5. The predicted octanol–water partition coefficient (Wildman–Crippen LogP) is 3.68. The van der Waals surface area contributed by atoms with Gasteiger partial charge in [-0.1, -0.05) is 6.07 Å². The van der Waals surface area contributed by atoms with Crippen molar-refractivity contribution in [2.75, 3.05) is 6.54 Å². The van der Waals surface area contributed by atoms with Crippen LogP contribution in [0.5, 0.6) is 0 Å². The lowest BCUT2D eigenvalue weighted by molar-refractivity contribution is -0.147. The highest BCUT2D eigenvalue weighted by Crippen LogP contribution is 2.60. The Morgan fingerprint density at radius 2 is 1.83 bits per heavy atom. The Bertz CT molecular complexity index is 601. The highest BCUT2D eigenvalue weighted by Gasteiger charge is 2.55. The largest absolute Gasteiger partial charge is 0.382 e. The summed E-state index contributed by atoms with van der Waals surface area (Å²) in [5.74, 6) is 2.88. The molecule has 1 heterocycles. The van der Waals surface area contributed by atoms with Crippen LogP contribution in [-0.2, 0) is 10.4 Å². The lowest BCUT2D eigenvalue weighted by Crippen LogP contribution is -2.55. The van der Waals surface area contributed by atoms with Gasteiger partial charge in [0, 0.05) is 10.3 Å². The minimum atomic E-state index is -0.855. The summed E-state index contributed by atoms with van der Waals surface area (Å²) < 4.78 is 0. The molecule has 0 radical (unpaired) electrons. The van der Waals surface area contributed by atoms with E-state index in [-0.39, 0.29) is 11.3 Å². The van der Waals surface area contributed by atoms with Gasteiger partial charge in [-0.3, -0.25) is 4.79 Å². The van der Waals surface area contributed by atoms with E-state index < -0.39 is 5.60 Å². The molecule has 5 fully saturated rings. The SMILES string of the molecule is O=C(NCC(O)(c1cccs1)C1CC1)C12CC3CC(CC(C3)C1)C2. The number of hydrogen-bond donors (Lipinski definition) is 2. The van der Waals surface area contributed by atoms with Crippen LogP contribution in [0.3, 0.4) is 0 Å². The van der Waals surface area contributed by atoms with Gasteiger partial charge in [-0.25, -0.2) is 0 Å². The number of carbonyl (C=O) groups is 1. The summed E-state index contributed by atoms with van der Waals surface area (Å²) in [5.41, 5.74) is -0.971. The molecule has 5 aliphatic carbocycles. The summed E-state index contributed by atoms with van der Waals surface area (Å²) in [4.78, 5) is 14.1. The molecule has 4 heteroatoms. The van der Waals surface area contributed by atoms with Gasteiger partial charge in [0.2, 0.25) is 5.91 Å². The molecule has 0 aromatic carbocycles. The molecule has 3 nitrogen and oxygen atoms in total. The normalized spacial score (nSPS) is 39.6. The van der Waals surface area contributed by atoms with E-state index in [1.807, 2.05) is 17.5 Å². The van der Waals surface area contributed by atoms with Crippen molar-refractivity contribution >= 4 is 17.2 Å². The van der Waals surface area contributed by atoms with Crippen molar-refractivity contribution in [1.82, 2.24) is 5.32 Å².